The van der Waals surface area contributed by atoms with Crippen molar-refractivity contribution in [2.75, 3.05) is 26.3 Å². The number of aliphatic carboxylic acids is 1. The Bertz CT molecular complexity index is 210. The highest BCUT2D eigenvalue weighted by Gasteiger charge is 2.31. The molecule has 0 aromatic rings. The summed E-state index contributed by atoms with van der Waals surface area (Å²) in [5.74, 6) is -0.795. The maximum Gasteiger partial charge on any atom is 0.320 e. The number of aliphatic hydroxyl groups is 1. The molecule has 2 N–H and O–H groups in total. The maximum absolute atomic E-state index is 10.9. The van der Waals surface area contributed by atoms with E-state index in [0.717, 1.165) is 13.0 Å². The van der Waals surface area contributed by atoms with Crippen LogP contribution < -0.4 is 0 Å². The van der Waals surface area contributed by atoms with Gasteiger partial charge in [0.1, 0.15) is 6.04 Å². The smallest absolute Gasteiger partial charge is 0.320 e. The monoisotopic (exact) mass is 217 g/mol. The van der Waals surface area contributed by atoms with E-state index in [4.69, 9.17) is 9.84 Å². The molecule has 0 spiro atoms. The minimum absolute atomic E-state index is 0.277. The molecule has 5 nitrogen and oxygen atoms in total. The van der Waals surface area contributed by atoms with Crippen molar-refractivity contribution in [2.45, 2.75) is 31.9 Å². The standard InChI is InChI=1S/C10H19NO4/c1-2-15-7-8(12)6-11-5-3-4-9(11)10(13)14/h8-9,12H,2-7H2,1H3,(H,13,14). The van der Waals surface area contributed by atoms with Crippen LogP contribution in [0.3, 0.4) is 0 Å². The van der Waals surface area contributed by atoms with Gasteiger partial charge in [0.05, 0.1) is 12.7 Å². The molecule has 2 unspecified atom stereocenters. The number of nitrogens with zero attached hydrogens (tertiary/aromatic N) is 1. The van der Waals surface area contributed by atoms with Crippen molar-refractivity contribution in [3.05, 3.63) is 0 Å². The molecule has 0 saturated carbocycles. The Kier molecular flexibility index (Phi) is 5.01. The molecule has 0 amide bonds. The SMILES string of the molecule is CCOCC(O)CN1CCCC1C(=O)O. The molecule has 0 aromatic heterocycles. The highest BCUT2D eigenvalue weighted by Crippen LogP contribution is 2.17. The molecular formula is C10H19NO4. The molecule has 1 rings (SSSR count). The Hall–Kier alpha value is -0.650. The molecule has 5 heteroatoms. The van der Waals surface area contributed by atoms with Gasteiger partial charge in [-0.05, 0) is 26.3 Å². The molecule has 0 bridgehead atoms. The van der Waals surface area contributed by atoms with E-state index in [0.29, 0.717) is 19.6 Å². The van der Waals surface area contributed by atoms with Gasteiger partial charge in [-0.3, -0.25) is 9.69 Å². The Morgan fingerprint density at radius 2 is 2.40 bits per heavy atom. The number of carbonyl (C=O) groups is 1. The summed E-state index contributed by atoms with van der Waals surface area (Å²) < 4.78 is 5.08. The lowest BCUT2D eigenvalue weighted by atomic mass is 10.2. The summed E-state index contributed by atoms with van der Waals surface area (Å²) in [5.41, 5.74) is 0. The van der Waals surface area contributed by atoms with Gasteiger partial charge in [-0.1, -0.05) is 0 Å². The second kappa shape index (κ2) is 6.05. The Morgan fingerprint density at radius 3 is 3.00 bits per heavy atom. The van der Waals surface area contributed by atoms with Gasteiger partial charge in [-0.15, -0.1) is 0 Å². The zero-order valence-corrected chi connectivity index (χ0v) is 9.06. The van der Waals surface area contributed by atoms with Gasteiger partial charge >= 0.3 is 5.97 Å². The molecule has 1 heterocycles. The number of hydrogen-bond acceptors (Lipinski definition) is 4. The number of hydrogen-bond donors (Lipinski definition) is 2. The zero-order valence-electron chi connectivity index (χ0n) is 9.06. The third-order valence-electron chi connectivity index (χ3n) is 2.61. The van der Waals surface area contributed by atoms with Crippen LogP contribution in [0.1, 0.15) is 19.8 Å². The number of aliphatic hydroxyl groups excluding tert-OH is 1. The second-order valence-corrected chi connectivity index (χ2v) is 3.80. The van der Waals surface area contributed by atoms with Crippen molar-refractivity contribution in [1.29, 1.82) is 0 Å². The fraction of sp³-hybridized carbons (Fsp3) is 0.900. The van der Waals surface area contributed by atoms with Crippen LogP contribution in [0, 0.1) is 0 Å². The van der Waals surface area contributed by atoms with Crippen LogP contribution >= 0.6 is 0 Å². The molecule has 1 saturated heterocycles. The van der Waals surface area contributed by atoms with Crippen molar-refractivity contribution in [3.8, 4) is 0 Å². The first kappa shape index (κ1) is 12.4. The van der Waals surface area contributed by atoms with Crippen molar-refractivity contribution in [1.82, 2.24) is 4.90 Å². The van der Waals surface area contributed by atoms with Crippen LogP contribution in [0.5, 0.6) is 0 Å². The van der Waals surface area contributed by atoms with Crippen molar-refractivity contribution in [2.24, 2.45) is 0 Å². The lowest BCUT2D eigenvalue weighted by molar-refractivity contribution is -0.142. The minimum Gasteiger partial charge on any atom is -0.480 e. The van der Waals surface area contributed by atoms with Crippen LogP contribution in [-0.4, -0.2) is 59.5 Å². The van der Waals surface area contributed by atoms with Crippen LogP contribution in [0.15, 0.2) is 0 Å². The highest BCUT2D eigenvalue weighted by molar-refractivity contribution is 5.73. The first-order valence-corrected chi connectivity index (χ1v) is 5.37. The van der Waals surface area contributed by atoms with Gasteiger partial charge in [0.15, 0.2) is 0 Å². The molecule has 1 aliphatic heterocycles. The van der Waals surface area contributed by atoms with E-state index in [1.807, 2.05) is 11.8 Å². The number of β-amino-alcohol motifs (C(OH)–C–C–N with tert-alkyl or cyclic N) is 1. The van der Waals surface area contributed by atoms with Crippen molar-refractivity contribution >= 4 is 5.97 Å². The van der Waals surface area contributed by atoms with E-state index in [-0.39, 0.29) is 6.61 Å². The summed E-state index contributed by atoms with van der Waals surface area (Å²) in [7, 11) is 0. The normalized spacial score (nSPS) is 24.3. The Morgan fingerprint density at radius 1 is 1.67 bits per heavy atom. The predicted molar refractivity (Wildman–Crippen MR) is 54.7 cm³/mol. The highest BCUT2D eigenvalue weighted by atomic mass is 16.5. The van der Waals surface area contributed by atoms with Crippen molar-refractivity contribution < 1.29 is 19.7 Å². The molecule has 0 radical (unpaired) electrons. The molecule has 15 heavy (non-hydrogen) atoms. The number of ether oxygens (including phenoxy) is 1. The summed E-state index contributed by atoms with van der Waals surface area (Å²) in [4.78, 5) is 12.7. The fourth-order valence-corrected chi connectivity index (χ4v) is 1.90. The van der Waals surface area contributed by atoms with Gasteiger partial charge in [-0.25, -0.2) is 0 Å². The van der Waals surface area contributed by atoms with Gasteiger partial charge in [0.2, 0.25) is 0 Å². The van der Waals surface area contributed by atoms with E-state index >= 15 is 0 Å². The predicted octanol–water partition coefficient (Wildman–Crippen LogP) is -0.0672. The lowest BCUT2D eigenvalue weighted by Crippen LogP contribution is -2.41. The van der Waals surface area contributed by atoms with Gasteiger partial charge < -0.3 is 14.9 Å². The van der Waals surface area contributed by atoms with Crippen LogP contribution in [0.2, 0.25) is 0 Å². The van der Waals surface area contributed by atoms with Crippen LogP contribution in [0.25, 0.3) is 0 Å². The topological polar surface area (TPSA) is 70.0 Å². The van der Waals surface area contributed by atoms with Gasteiger partial charge in [0.25, 0.3) is 0 Å². The molecule has 88 valence electrons. The summed E-state index contributed by atoms with van der Waals surface area (Å²) in [5, 5.41) is 18.5. The van der Waals surface area contributed by atoms with Crippen molar-refractivity contribution in [3.63, 3.8) is 0 Å². The fourth-order valence-electron chi connectivity index (χ4n) is 1.90. The maximum atomic E-state index is 10.9. The van der Waals surface area contributed by atoms with E-state index in [2.05, 4.69) is 0 Å². The summed E-state index contributed by atoms with van der Waals surface area (Å²) in [6.07, 6.45) is 0.972. The van der Waals surface area contributed by atoms with E-state index < -0.39 is 18.1 Å². The summed E-state index contributed by atoms with van der Waals surface area (Å²) in [6, 6.07) is -0.429. The average molecular weight is 217 g/mol. The van der Waals surface area contributed by atoms with E-state index in [1.54, 1.807) is 0 Å². The summed E-state index contributed by atoms with van der Waals surface area (Å²) >= 11 is 0. The largest absolute Gasteiger partial charge is 0.480 e. The summed E-state index contributed by atoms with van der Waals surface area (Å²) in [6.45, 7) is 3.85. The van der Waals surface area contributed by atoms with E-state index in [1.165, 1.54) is 0 Å². The molecule has 2 atom stereocenters. The molecule has 1 fully saturated rings. The Labute approximate surface area is 89.6 Å². The van der Waals surface area contributed by atoms with E-state index in [9.17, 15) is 9.90 Å². The van der Waals surface area contributed by atoms with Crippen LogP contribution in [-0.2, 0) is 9.53 Å². The quantitative estimate of drug-likeness (QED) is 0.652. The number of rotatable bonds is 6. The Balaban J connectivity index is 2.33. The zero-order chi connectivity index (χ0) is 11.3. The third kappa shape index (κ3) is 3.77. The van der Waals surface area contributed by atoms with Gasteiger partial charge in [0, 0.05) is 13.2 Å². The number of likely N-dealkylation sites (tertiary alicyclic amines) is 1. The van der Waals surface area contributed by atoms with Gasteiger partial charge in [-0.2, -0.15) is 0 Å². The molecular weight excluding hydrogens is 198 g/mol. The number of carboxylic acids is 1. The molecule has 1 aliphatic rings. The first-order chi connectivity index (χ1) is 7.15. The second-order valence-electron chi connectivity index (χ2n) is 3.80. The molecule has 0 aliphatic carbocycles. The van der Waals surface area contributed by atoms with Crippen LogP contribution in [0.4, 0.5) is 0 Å². The number of carboxylic acid groups (broad SMARTS) is 1. The third-order valence-corrected chi connectivity index (χ3v) is 2.61. The first-order valence-electron chi connectivity index (χ1n) is 5.37. The minimum atomic E-state index is -0.795. The average Bonchev–Trinajstić information content (AvgIpc) is 2.62. The lowest BCUT2D eigenvalue weighted by Gasteiger charge is -2.23. The molecule has 0 aromatic carbocycles.